The van der Waals surface area contributed by atoms with Crippen molar-refractivity contribution in [3.8, 4) is 5.75 Å². The van der Waals surface area contributed by atoms with E-state index in [9.17, 15) is 14.0 Å². The number of carbonyl (C=O) groups is 2. The Hall–Kier alpha value is -2.90. The van der Waals surface area contributed by atoms with Crippen LogP contribution in [0.4, 0.5) is 4.39 Å². The molecule has 0 bridgehead atoms. The van der Waals surface area contributed by atoms with Gasteiger partial charge in [0.05, 0.1) is 17.8 Å². The van der Waals surface area contributed by atoms with Crippen molar-refractivity contribution in [1.82, 2.24) is 14.7 Å². The summed E-state index contributed by atoms with van der Waals surface area (Å²) in [5.41, 5.74) is 0.159. The zero-order valence-corrected chi connectivity index (χ0v) is 13.5. The fourth-order valence-corrected chi connectivity index (χ4v) is 2.80. The molecule has 1 aliphatic heterocycles. The Kier molecular flexibility index (Phi) is 4.97. The lowest BCUT2D eigenvalue weighted by atomic mass is 10.1. The van der Waals surface area contributed by atoms with E-state index in [1.807, 2.05) is 0 Å². The third kappa shape index (κ3) is 4.14. The molecule has 25 heavy (non-hydrogen) atoms. The highest BCUT2D eigenvalue weighted by molar-refractivity contribution is 5.86. The number of hydrogen-bond donors (Lipinski definition) is 1. The van der Waals surface area contributed by atoms with E-state index in [1.165, 1.54) is 36.7 Å². The van der Waals surface area contributed by atoms with Crippen LogP contribution < -0.4 is 4.74 Å². The molecule has 1 aliphatic rings. The van der Waals surface area contributed by atoms with E-state index >= 15 is 0 Å². The lowest BCUT2D eigenvalue weighted by Crippen LogP contribution is -2.41. The quantitative estimate of drug-likeness (QED) is 0.894. The molecule has 1 fully saturated rings. The number of carbonyl (C=O) groups excluding carboxylic acids is 1. The Balaban J connectivity index is 1.48. The normalized spacial score (nSPS) is 15.2. The van der Waals surface area contributed by atoms with Crippen LogP contribution >= 0.6 is 0 Å². The highest BCUT2D eigenvalue weighted by Gasteiger charge is 2.25. The van der Waals surface area contributed by atoms with Gasteiger partial charge in [-0.3, -0.25) is 9.48 Å². The number of amides is 1. The summed E-state index contributed by atoms with van der Waals surface area (Å²) in [5.74, 6) is -1.04. The highest BCUT2D eigenvalue weighted by atomic mass is 19.1. The number of aromatic nitrogens is 2. The molecule has 1 saturated heterocycles. The number of carboxylic acid groups (broad SMARTS) is 1. The number of ether oxygens (including phenoxy) is 1. The Bertz CT molecular complexity index is 752. The lowest BCUT2D eigenvalue weighted by molar-refractivity contribution is -0.134. The van der Waals surface area contributed by atoms with Crippen molar-refractivity contribution >= 4 is 11.9 Å². The zero-order valence-electron chi connectivity index (χ0n) is 13.5. The van der Waals surface area contributed by atoms with Crippen LogP contribution in [0.25, 0.3) is 0 Å². The molecule has 0 unspecified atom stereocenters. The van der Waals surface area contributed by atoms with Crippen LogP contribution in [-0.2, 0) is 4.79 Å². The number of likely N-dealkylation sites (tertiary alicyclic amines) is 1. The first-order valence-corrected chi connectivity index (χ1v) is 7.96. The van der Waals surface area contributed by atoms with Gasteiger partial charge in [-0.1, -0.05) is 0 Å². The summed E-state index contributed by atoms with van der Waals surface area (Å²) < 4.78 is 19.9. The average Bonchev–Trinajstić information content (AvgIpc) is 3.11. The van der Waals surface area contributed by atoms with Gasteiger partial charge in [-0.25, -0.2) is 9.18 Å². The van der Waals surface area contributed by atoms with Crippen molar-refractivity contribution < 1.29 is 23.8 Å². The molecular weight excluding hydrogens is 329 g/mol. The number of rotatable bonds is 5. The molecule has 3 rings (SSSR count). The maximum atomic E-state index is 12.8. The second-order valence-electron chi connectivity index (χ2n) is 5.87. The number of carboxylic acids is 1. The molecule has 1 aromatic heterocycles. The third-order valence-electron chi connectivity index (χ3n) is 4.22. The first-order valence-electron chi connectivity index (χ1n) is 7.96. The van der Waals surface area contributed by atoms with Gasteiger partial charge in [-0.2, -0.15) is 5.10 Å². The summed E-state index contributed by atoms with van der Waals surface area (Å²) in [7, 11) is 0. The van der Waals surface area contributed by atoms with Gasteiger partial charge < -0.3 is 14.7 Å². The molecule has 0 saturated carbocycles. The molecule has 8 heteroatoms. The van der Waals surface area contributed by atoms with Crippen LogP contribution in [0.15, 0.2) is 36.7 Å². The molecule has 1 amide bonds. The predicted octanol–water partition coefficient (Wildman–Crippen LogP) is 1.96. The number of halogens is 1. The molecule has 2 heterocycles. The standard InChI is InChI=1S/C17H18FN3O4/c18-13-1-3-15(4-2-13)25-11-16(22)20-7-5-14(6-8-20)21-10-12(9-19-21)17(23)24/h1-4,9-10,14H,5-8,11H2,(H,23,24). The highest BCUT2D eigenvalue weighted by Crippen LogP contribution is 2.22. The van der Waals surface area contributed by atoms with E-state index < -0.39 is 5.97 Å². The maximum absolute atomic E-state index is 12.8. The first kappa shape index (κ1) is 16.9. The van der Waals surface area contributed by atoms with Gasteiger partial charge in [0.15, 0.2) is 6.61 Å². The largest absolute Gasteiger partial charge is 0.484 e. The molecule has 0 radical (unpaired) electrons. The van der Waals surface area contributed by atoms with Gasteiger partial charge in [-0.15, -0.1) is 0 Å². The minimum absolute atomic E-state index is 0.0789. The molecule has 132 valence electrons. The lowest BCUT2D eigenvalue weighted by Gasteiger charge is -2.32. The van der Waals surface area contributed by atoms with Gasteiger partial charge in [0.1, 0.15) is 11.6 Å². The summed E-state index contributed by atoms with van der Waals surface area (Å²) in [6.07, 6.45) is 4.24. The van der Waals surface area contributed by atoms with E-state index in [2.05, 4.69) is 5.10 Å². The van der Waals surface area contributed by atoms with Crippen molar-refractivity contribution in [3.63, 3.8) is 0 Å². The molecule has 0 aliphatic carbocycles. The van der Waals surface area contributed by atoms with Gasteiger partial charge in [0, 0.05) is 19.3 Å². The van der Waals surface area contributed by atoms with E-state index in [0.29, 0.717) is 31.7 Å². The second kappa shape index (κ2) is 7.33. The molecule has 1 N–H and O–H groups in total. The van der Waals surface area contributed by atoms with E-state index in [4.69, 9.17) is 9.84 Å². The average molecular weight is 347 g/mol. The van der Waals surface area contributed by atoms with Gasteiger partial charge in [0.25, 0.3) is 5.91 Å². The summed E-state index contributed by atoms with van der Waals surface area (Å²) in [5, 5.41) is 13.0. The number of benzene rings is 1. The van der Waals surface area contributed by atoms with Gasteiger partial charge in [0.2, 0.25) is 0 Å². The minimum atomic E-state index is -1.00. The number of aromatic carboxylic acids is 1. The van der Waals surface area contributed by atoms with Crippen molar-refractivity contribution in [2.45, 2.75) is 18.9 Å². The summed E-state index contributed by atoms with van der Waals surface area (Å²) in [4.78, 5) is 24.8. The van der Waals surface area contributed by atoms with Crippen molar-refractivity contribution in [2.24, 2.45) is 0 Å². The van der Waals surface area contributed by atoms with E-state index in [0.717, 1.165) is 0 Å². The van der Waals surface area contributed by atoms with Crippen molar-refractivity contribution in [3.05, 3.63) is 48.0 Å². The first-order chi connectivity index (χ1) is 12.0. The molecule has 7 nitrogen and oxygen atoms in total. The van der Waals surface area contributed by atoms with Crippen LogP contribution in [0.1, 0.15) is 29.2 Å². The van der Waals surface area contributed by atoms with Crippen molar-refractivity contribution in [1.29, 1.82) is 0 Å². The summed E-state index contributed by atoms with van der Waals surface area (Å²) in [6, 6.07) is 5.59. The topological polar surface area (TPSA) is 84.7 Å². The fourth-order valence-electron chi connectivity index (χ4n) is 2.80. The third-order valence-corrected chi connectivity index (χ3v) is 4.22. The number of piperidine rings is 1. The number of nitrogens with zero attached hydrogens (tertiary/aromatic N) is 3. The van der Waals surface area contributed by atoms with E-state index in [-0.39, 0.29) is 29.9 Å². The fraction of sp³-hybridized carbons (Fsp3) is 0.353. The van der Waals surface area contributed by atoms with Gasteiger partial charge >= 0.3 is 5.97 Å². The van der Waals surface area contributed by atoms with E-state index in [1.54, 1.807) is 9.58 Å². The maximum Gasteiger partial charge on any atom is 0.338 e. The van der Waals surface area contributed by atoms with Crippen LogP contribution in [0.5, 0.6) is 5.75 Å². The Morgan fingerprint density at radius 3 is 2.52 bits per heavy atom. The van der Waals surface area contributed by atoms with Crippen molar-refractivity contribution in [2.75, 3.05) is 19.7 Å². The SMILES string of the molecule is O=C(O)c1cnn(C2CCN(C(=O)COc3ccc(F)cc3)CC2)c1. The molecule has 0 atom stereocenters. The Labute approximate surface area is 143 Å². The zero-order chi connectivity index (χ0) is 17.8. The monoisotopic (exact) mass is 347 g/mol. The summed E-state index contributed by atoms with van der Waals surface area (Å²) in [6.45, 7) is 1.01. The molecular formula is C17H18FN3O4. The summed E-state index contributed by atoms with van der Waals surface area (Å²) >= 11 is 0. The number of hydrogen-bond acceptors (Lipinski definition) is 4. The molecule has 1 aromatic carbocycles. The molecule has 2 aromatic rings. The van der Waals surface area contributed by atoms with Crippen LogP contribution in [0.2, 0.25) is 0 Å². The Morgan fingerprint density at radius 1 is 1.24 bits per heavy atom. The molecule has 0 spiro atoms. The van der Waals surface area contributed by atoms with Gasteiger partial charge in [-0.05, 0) is 37.1 Å². The second-order valence-corrected chi connectivity index (χ2v) is 5.87. The minimum Gasteiger partial charge on any atom is -0.484 e. The van der Waals surface area contributed by atoms with Crippen LogP contribution in [-0.4, -0.2) is 51.4 Å². The van der Waals surface area contributed by atoms with Crippen LogP contribution in [0, 0.1) is 5.82 Å². The smallest absolute Gasteiger partial charge is 0.338 e. The predicted molar refractivity (Wildman–Crippen MR) is 85.9 cm³/mol. The Morgan fingerprint density at radius 2 is 1.92 bits per heavy atom. The van der Waals surface area contributed by atoms with Crippen LogP contribution in [0.3, 0.4) is 0 Å².